The van der Waals surface area contributed by atoms with Crippen molar-refractivity contribution in [3.63, 3.8) is 0 Å². The van der Waals surface area contributed by atoms with Crippen LogP contribution in [0.4, 0.5) is 4.79 Å². The number of nitrogens with one attached hydrogen (secondary N) is 2. The number of urea groups is 1. The Morgan fingerprint density at radius 2 is 1.50 bits per heavy atom. The Kier molecular flexibility index (Phi) is 12.7. The van der Waals surface area contributed by atoms with Crippen LogP contribution in [0.25, 0.3) is 0 Å². The van der Waals surface area contributed by atoms with E-state index in [0.29, 0.717) is 52.2 Å². The molecule has 5 atom stereocenters. The predicted octanol–water partition coefficient (Wildman–Crippen LogP) is 2.73. The lowest BCUT2D eigenvalue weighted by Crippen LogP contribution is -2.53. The Bertz CT molecular complexity index is 1510. The molecule has 0 radical (unpaired) electrons. The van der Waals surface area contributed by atoms with Gasteiger partial charge in [-0.3, -0.25) is 9.69 Å². The first-order chi connectivity index (χ1) is 24.4. The summed E-state index contributed by atoms with van der Waals surface area (Å²) in [5, 5.41) is 28.9. The van der Waals surface area contributed by atoms with Gasteiger partial charge in [-0.25, -0.2) is 4.79 Å². The molecule has 0 unspecified atom stereocenters. The van der Waals surface area contributed by atoms with Gasteiger partial charge < -0.3 is 40.0 Å². The van der Waals surface area contributed by atoms with Crippen molar-refractivity contribution in [1.29, 1.82) is 0 Å². The van der Waals surface area contributed by atoms with Crippen LogP contribution >= 0.6 is 0 Å². The number of amides is 3. The van der Waals surface area contributed by atoms with Crippen LogP contribution in [-0.4, -0.2) is 116 Å². The van der Waals surface area contributed by atoms with E-state index in [-0.39, 0.29) is 18.4 Å². The van der Waals surface area contributed by atoms with Crippen molar-refractivity contribution in [3.8, 4) is 5.75 Å². The topological polar surface area (TPSA) is 133 Å². The molecule has 3 aromatic carbocycles. The number of hydrogen-bond acceptors (Lipinski definition) is 8. The summed E-state index contributed by atoms with van der Waals surface area (Å²) < 4.78 is 16.9. The number of carbonyl (C=O) groups excluding carboxylic acids is 2. The van der Waals surface area contributed by atoms with Crippen molar-refractivity contribution < 1.29 is 34.0 Å². The molecule has 2 saturated heterocycles. The molecular weight excluding hydrogens is 636 g/mol. The minimum Gasteiger partial charge on any atom is -0.492 e. The molecule has 50 heavy (non-hydrogen) atoms. The van der Waals surface area contributed by atoms with Crippen LogP contribution < -0.4 is 15.4 Å². The zero-order valence-electron chi connectivity index (χ0n) is 28.6. The first-order valence-electron chi connectivity index (χ1n) is 17.9. The van der Waals surface area contributed by atoms with Gasteiger partial charge in [0.2, 0.25) is 5.91 Å². The van der Waals surface area contributed by atoms with E-state index in [1.54, 1.807) is 4.90 Å². The average Bonchev–Trinajstić information content (AvgIpc) is 3.47. The van der Waals surface area contributed by atoms with Crippen LogP contribution in [0.2, 0.25) is 0 Å². The summed E-state index contributed by atoms with van der Waals surface area (Å²) in [4.78, 5) is 31.5. The van der Waals surface area contributed by atoms with Gasteiger partial charge in [0.25, 0.3) is 0 Å². The average molecular weight is 687 g/mol. The third kappa shape index (κ3) is 9.82. The van der Waals surface area contributed by atoms with Gasteiger partial charge in [0.05, 0.1) is 50.7 Å². The normalized spacial score (nSPS) is 21.1. The fraction of sp³-hybridized carbons (Fsp3) is 0.487. The maximum atomic E-state index is 14.1. The van der Waals surface area contributed by atoms with E-state index >= 15 is 0 Å². The largest absolute Gasteiger partial charge is 0.492 e. The van der Waals surface area contributed by atoms with Gasteiger partial charge in [-0.15, -0.1) is 0 Å². The molecule has 1 aliphatic carbocycles. The molecule has 6 rings (SSSR count). The van der Waals surface area contributed by atoms with Gasteiger partial charge in [0.15, 0.2) is 0 Å². The highest BCUT2D eigenvalue weighted by atomic mass is 16.5. The first-order valence-corrected chi connectivity index (χ1v) is 17.9. The standard InChI is InChI=1S/C39H50N4O7/c44-35(34(25-28-6-2-1-3-7-28)40-39(47)43-17-21-49-22-18-43)27-31(38(46)41-37-33-9-5-4-8-30(33)26-36(37)45)24-29-10-12-32(13-11-29)50-23-16-42-14-19-48-20-15-42/h1-13,31,34-37,44-45H,14-27H2,(H,40,47)(H,41,46)/t31-,34+,35+,36-,37+/m1/s1. The molecule has 11 heteroatoms. The van der Waals surface area contributed by atoms with E-state index < -0.39 is 30.2 Å². The lowest BCUT2D eigenvalue weighted by molar-refractivity contribution is -0.127. The minimum atomic E-state index is -1.03. The van der Waals surface area contributed by atoms with Crippen LogP contribution in [0.1, 0.15) is 34.7 Å². The van der Waals surface area contributed by atoms with Crippen molar-refractivity contribution in [2.24, 2.45) is 5.92 Å². The number of carbonyl (C=O) groups is 2. The summed E-state index contributed by atoms with van der Waals surface area (Å²) in [5.74, 6) is -0.146. The fourth-order valence-electron chi connectivity index (χ4n) is 7.05. The molecule has 3 aromatic rings. The van der Waals surface area contributed by atoms with Crippen molar-refractivity contribution in [2.45, 2.75) is 50.0 Å². The quantitative estimate of drug-likeness (QED) is 0.204. The second-order valence-corrected chi connectivity index (χ2v) is 13.5. The maximum absolute atomic E-state index is 14.1. The van der Waals surface area contributed by atoms with Crippen LogP contribution in [0.15, 0.2) is 78.9 Å². The van der Waals surface area contributed by atoms with E-state index in [9.17, 15) is 19.8 Å². The predicted molar refractivity (Wildman–Crippen MR) is 189 cm³/mol. The summed E-state index contributed by atoms with van der Waals surface area (Å²) >= 11 is 0. The van der Waals surface area contributed by atoms with Crippen molar-refractivity contribution in [1.82, 2.24) is 20.4 Å². The second-order valence-electron chi connectivity index (χ2n) is 13.5. The third-order valence-corrected chi connectivity index (χ3v) is 9.95. The molecule has 3 amide bonds. The van der Waals surface area contributed by atoms with Gasteiger partial charge in [0.1, 0.15) is 12.4 Å². The Morgan fingerprint density at radius 1 is 0.840 bits per heavy atom. The van der Waals surface area contributed by atoms with E-state index in [1.807, 2.05) is 78.9 Å². The highest BCUT2D eigenvalue weighted by molar-refractivity contribution is 5.80. The van der Waals surface area contributed by atoms with Crippen molar-refractivity contribution in [3.05, 3.63) is 101 Å². The highest BCUT2D eigenvalue weighted by Gasteiger charge is 2.35. The Hall–Kier alpha value is -4.00. The number of nitrogens with zero attached hydrogens (tertiary/aromatic N) is 2. The van der Waals surface area contributed by atoms with Crippen molar-refractivity contribution in [2.75, 3.05) is 65.8 Å². The zero-order valence-corrected chi connectivity index (χ0v) is 28.6. The molecular formula is C39H50N4O7. The molecule has 11 nitrogen and oxygen atoms in total. The Balaban J connectivity index is 1.17. The van der Waals surface area contributed by atoms with Gasteiger partial charge in [-0.2, -0.15) is 0 Å². The lowest BCUT2D eigenvalue weighted by atomic mass is 9.88. The number of hydrogen-bond donors (Lipinski definition) is 4. The van der Waals surface area contributed by atoms with Gasteiger partial charge >= 0.3 is 6.03 Å². The van der Waals surface area contributed by atoms with E-state index in [2.05, 4.69) is 15.5 Å². The smallest absolute Gasteiger partial charge is 0.317 e. The summed E-state index contributed by atoms with van der Waals surface area (Å²) in [6.45, 7) is 6.59. The molecule has 0 bridgehead atoms. The molecule has 2 aliphatic heterocycles. The maximum Gasteiger partial charge on any atom is 0.317 e. The van der Waals surface area contributed by atoms with Crippen LogP contribution in [0.3, 0.4) is 0 Å². The van der Waals surface area contributed by atoms with Gasteiger partial charge in [0, 0.05) is 45.1 Å². The minimum absolute atomic E-state index is 0.106. The lowest BCUT2D eigenvalue weighted by Gasteiger charge is -2.32. The molecule has 0 spiro atoms. The number of ether oxygens (including phenoxy) is 3. The van der Waals surface area contributed by atoms with Crippen molar-refractivity contribution >= 4 is 11.9 Å². The highest BCUT2D eigenvalue weighted by Crippen LogP contribution is 2.32. The number of morpholine rings is 2. The van der Waals surface area contributed by atoms with E-state index in [4.69, 9.17) is 14.2 Å². The second kappa shape index (κ2) is 17.8. The number of benzene rings is 3. The van der Waals surface area contributed by atoms with Crippen LogP contribution in [-0.2, 0) is 33.5 Å². The number of fused-ring (bicyclic) bond motifs is 1. The van der Waals surface area contributed by atoms with Gasteiger partial charge in [-0.1, -0.05) is 66.7 Å². The third-order valence-electron chi connectivity index (χ3n) is 9.95. The zero-order chi connectivity index (χ0) is 34.7. The monoisotopic (exact) mass is 686 g/mol. The van der Waals surface area contributed by atoms with E-state index in [0.717, 1.165) is 60.9 Å². The molecule has 2 heterocycles. The molecule has 3 aliphatic rings. The van der Waals surface area contributed by atoms with Gasteiger partial charge in [-0.05, 0) is 53.6 Å². The summed E-state index contributed by atoms with van der Waals surface area (Å²) in [5.41, 5.74) is 3.81. The molecule has 0 aromatic heterocycles. The summed E-state index contributed by atoms with van der Waals surface area (Å²) in [6, 6.07) is 23.8. The molecule has 0 saturated carbocycles. The number of aliphatic hydroxyl groups excluding tert-OH is 2. The Labute approximate surface area is 294 Å². The number of rotatable bonds is 14. The number of aliphatic hydroxyl groups is 2. The SMILES string of the molecule is O=C(N[C@H]1c2ccccc2C[C@H]1O)[C@H](Cc1ccc(OCCN2CCOCC2)cc1)C[C@H](O)[C@H](Cc1ccccc1)NC(=O)N1CCOCC1. The van der Waals surface area contributed by atoms with Crippen LogP contribution in [0, 0.1) is 5.92 Å². The molecule has 4 N–H and O–H groups in total. The molecule has 2 fully saturated rings. The van der Waals surface area contributed by atoms with Crippen LogP contribution in [0.5, 0.6) is 5.75 Å². The Morgan fingerprint density at radius 3 is 2.24 bits per heavy atom. The first kappa shape index (κ1) is 35.8. The summed E-state index contributed by atoms with van der Waals surface area (Å²) in [6.07, 6.45) is -0.438. The van der Waals surface area contributed by atoms with E-state index in [1.165, 1.54) is 0 Å². The molecule has 268 valence electrons. The fourth-order valence-corrected chi connectivity index (χ4v) is 7.05. The summed E-state index contributed by atoms with van der Waals surface area (Å²) in [7, 11) is 0.